The smallest absolute Gasteiger partial charge is 0.242 e. The maximum Gasteiger partial charge on any atom is 0.242 e. The summed E-state index contributed by atoms with van der Waals surface area (Å²) in [5, 5.41) is 0. The third-order valence-electron chi connectivity index (χ3n) is 7.64. The second-order valence-corrected chi connectivity index (χ2v) is 10.7. The fourth-order valence-corrected chi connectivity index (χ4v) is 4.87. The summed E-state index contributed by atoms with van der Waals surface area (Å²) in [6.45, 7) is 7.27. The lowest BCUT2D eigenvalue weighted by Gasteiger charge is -2.31. The predicted molar refractivity (Wildman–Crippen MR) is 161 cm³/mol. The Labute approximate surface area is 242 Å². The van der Waals surface area contributed by atoms with E-state index in [0.717, 1.165) is 30.6 Å². The first kappa shape index (κ1) is 33.2. The Balaban J connectivity index is 1.97. The average Bonchev–Trinajstić information content (AvgIpc) is 3.49. The number of hydrogen-bond donors (Lipinski definition) is 0. The first-order valence-electron chi connectivity index (χ1n) is 15.2. The van der Waals surface area contributed by atoms with Crippen molar-refractivity contribution in [3.8, 4) is 11.5 Å². The molecule has 0 saturated carbocycles. The molecule has 2 amide bonds. The fraction of sp³-hybridized carbons (Fsp3) is 0.636. The highest BCUT2D eigenvalue weighted by atomic mass is 16.5. The summed E-state index contributed by atoms with van der Waals surface area (Å²) in [5.41, 5.74) is 1.04. The molecular formula is C33H52N2O5. The van der Waals surface area contributed by atoms with Gasteiger partial charge in [-0.05, 0) is 56.0 Å². The van der Waals surface area contributed by atoms with E-state index in [1.54, 1.807) is 30.3 Å². The minimum Gasteiger partial charge on any atom is -0.493 e. The van der Waals surface area contributed by atoms with Crippen molar-refractivity contribution in [3.63, 3.8) is 0 Å². The third kappa shape index (κ3) is 11.6. The zero-order valence-corrected chi connectivity index (χ0v) is 25.6. The summed E-state index contributed by atoms with van der Waals surface area (Å²) >= 11 is 0. The van der Waals surface area contributed by atoms with E-state index < -0.39 is 0 Å². The topological polar surface area (TPSA) is 72.2 Å². The average molecular weight is 557 g/mol. The molecule has 0 N–H and O–H groups in total. The van der Waals surface area contributed by atoms with Crippen LogP contribution in [0.2, 0.25) is 0 Å². The third-order valence-corrected chi connectivity index (χ3v) is 7.64. The van der Waals surface area contributed by atoms with Crippen molar-refractivity contribution >= 4 is 11.8 Å². The highest BCUT2D eigenvalue weighted by Crippen LogP contribution is 2.28. The van der Waals surface area contributed by atoms with E-state index >= 15 is 0 Å². The van der Waals surface area contributed by atoms with Gasteiger partial charge in [0.05, 0.1) is 27.0 Å². The van der Waals surface area contributed by atoms with Crippen molar-refractivity contribution in [1.29, 1.82) is 0 Å². The van der Waals surface area contributed by atoms with Gasteiger partial charge in [0.2, 0.25) is 11.8 Å². The van der Waals surface area contributed by atoms with Crippen LogP contribution >= 0.6 is 0 Å². The number of nitrogens with zero attached hydrogens (tertiary/aromatic N) is 2. The van der Waals surface area contributed by atoms with E-state index in [1.807, 2.05) is 37.3 Å². The van der Waals surface area contributed by atoms with Crippen LogP contribution in [0.3, 0.4) is 0 Å². The SMILES string of the molecule is CCCCCCCCCCCC(=O)N(CC(=O)N(CCc1ccc(OC)c(OC)c1)Cc1ccco1)[C@H](C)CC. The summed E-state index contributed by atoms with van der Waals surface area (Å²) in [7, 11) is 3.23. The molecule has 2 aromatic rings. The highest BCUT2D eigenvalue weighted by Gasteiger charge is 2.25. The number of unbranched alkanes of at least 4 members (excludes halogenated alkanes) is 8. The molecule has 1 atom stereocenters. The summed E-state index contributed by atoms with van der Waals surface area (Å²) < 4.78 is 16.3. The van der Waals surface area contributed by atoms with Crippen LogP contribution in [0.1, 0.15) is 103 Å². The molecule has 2 rings (SSSR count). The van der Waals surface area contributed by atoms with E-state index in [0.29, 0.717) is 37.4 Å². The Kier molecular flexibility index (Phi) is 15.9. The van der Waals surface area contributed by atoms with Crippen LogP contribution in [0.4, 0.5) is 0 Å². The predicted octanol–water partition coefficient (Wildman–Crippen LogP) is 7.42. The highest BCUT2D eigenvalue weighted by molar-refractivity contribution is 5.85. The molecule has 0 fully saturated rings. The Morgan fingerprint density at radius 2 is 1.55 bits per heavy atom. The van der Waals surface area contributed by atoms with Gasteiger partial charge in [-0.2, -0.15) is 0 Å². The van der Waals surface area contributed by atoms with Crippen LogP contribution in [-0.4, -0.2) is 55.0 Å². The molecule has 0 radical (unpaired) electrons. The number of hydrogen-bond acceptors (Lipinski definition) is 5. The molecule has 0 unspecified atom stereocenters. The number of benzene rings is 1. The van der Waals surface area contributed by atoms with Crippen molar-refractivity contribution in [1.82, 2.24) is 9.80 Å². The normalized spacial score (nSPS) is 11.7. The van der Waals surface area contributed by atoms with Gasteiger partial charge >= 0.3 is 0 Å². The molecule has 1 aromatic heterocycles. The minimum atomic E-state index is -0.0717. The summed E-state index contributed by atoms with van der Waals surface area (Å²) in [5.74, 6) is 2.05. The number of ether oxygens (including phenoxy) is 2. The number of rotatable bonds is 21. The molecule has 0 saturated heterocycles. The molecule has 7 heteroatoms. The van der Waals surface area contributed by atoms with Crippen LogP contribution in [-0.2, 0) is 22.6 Å². The number of amides is 2. The van der Waals surface area contributed by atoms with Gasteiger partial charge in [-0.3, -0.25) is 9.59 Å². The summed E-state index contributed by atoms with van der Waals surface area (Å²) in [6.07, 6.45) is 14.5. The Bertz CT molecular complexity index is 975. The molecule has 1 heterocycles. The molecule has 1 aromatic carbocycles. The van der Waals surface area contributed by atoms with Gasteiger partial charge in [0, 0.05) is 19.0 Å². The second-order valence-electron chi connectivity index (χ2n) is 10.7. The lowest BCUT2D eigenvalue weighted by atomic mass is 10.1. The molecule has 224 valence electrons. The van der Waals surface area contributed by atoms with Crippen LogP contribution in [0.25, 0.3) is 0 Å². The van der Waals surface area contributed by atoms with Gasteiger partial charge in [-0.1, -0.05) is 71.3 Å². The van der Waals surface area contributed by atoms with Crippen LogP contribution < -0.4 is 9.47 Å². The standard InChI is InChI=1S/C33H52N2O5/c1-6-8-9-10-11-12-13-14-15-18-32(36)35(27(3)7-2)26-33(37)34(25-29-17-16-23-40-29)22-21-28-19-20-30(38-4)31(24-28)39-5/h16-17,19-20,23-24,27H,6-15,18,21-22,25-26H2,1-5H3/t27-/m1/s1. The van der Waals surface area contributed by atoms with E-state index in [4.69, 9.17) is 13.9 Å². The van der Waals surface area contributed by atoms with Gasteiger partial charge < -0.3 is 23.7 Å². The zero-order chi connectivity index (χ0) is 29.2. The molecular weight excluding hydrogens is 504 g/mol. The van der Waals surface area contributed by atoms with E-state index in [-0.39, 0.29) is 24.4 Å². The molecule has 0 bridgehead atoms. The summed E-state index contributed by atoms with van der Waals surface area (Å²) in [4.78, 5) is 30.4. The maximum atomic E-state index is 13.6. The monoisotopic (exact) mass is 556 g/mol. The van der Waals surface area contributed by atoms with Crippen LogP contribution in [0, 0.1) is 0 Å². The lowest BCUT2D eigenvalue weighted by molar-refractivity contribution is -0.142. The Hall–Kier alpha value is -2.96. The Morgan fingerprint density at radius 1 is 0.875 bits per heavy atom. The minimum absolute atomic E-state index is 0.00586. The van der Waals surface area contributed by atoms with Gasteiger partial charge in [0.25, 0.3) is 0 Å². The van der Waals surface area contributed by atoms with Crippen molar-refractivity contribution in [2.75, 3.05) is 27.3 Å². The number of carbonyl (C=O) groups excluding carboxylic acids is 2. The molecule has 40 heavy (non-hydrogen) atoms. The second kappa shape index (κ2) is 19.2. The van der Waals surface area contributed by atoms with Gasteiger partial charge in [0.15, 0.2) is 11.5 Å². The molecule has 0 aliphatic carbocycles. The van der Waals surface area contributed by atoms with Gasteiger partial charge in [-0.25, -0.2) is 0 Å². The largest absolute Gasteiger partial charge is 0.493 e. The lowest BCUT2D eigenvalue weighted by Crippen LogP contribution is -2.46. The number of methoxy groups -OCH3 is 2. The molecule has 0 aliphatic rings. The van der Waals surface area contributed by atoms with Crippen molar-refractivity contribution in [2.24, 2.45) is 0 Å². The number of furan rings is 1. The van der Waals surface area contributed by atoms with E-state index in [9.17, 15) is 9.59 Å². The Morgan fingerprint density at radius 3 is 2.15 bits per heavy atom. The van der Waals surface area contributed by atoms with Crippen molar-refractivity contribution < 1.29 is 23.5 Å². The van der Waals surface area contributed by atoms with E-state index in [1.165, 1.54) is 44.9 Å². The van der Waals surface area contributed by atoms with Crippen molar-refractivity contribution in [3.05, 3.63) is 47.9 Å². The molecule has 7 nitrogen and oxygen atoms in total. The maximum absolute atomic E-state index is 13.6. The zero-order valence-electron chi connectivity index (χ0n) is 25.6. The fourth-order valence-electron chi connectivity index (χ4n) is 4.87. The molecule has 0 aliphatic heterocycles. The number of carbonyl (C=O) groups is 2. The summed E-state index contributed by atoms with van der Waals surface area (Å²) in [6, 6.07) is 9.50. The van der Waals surface area contributed by atoms with E-state index in [2.05, 4.69) is 13.8 Å². The van der Waals surface area contributed by atoms with Crippen LogP contribution in [0.5, 0.6) is 11.5 Å². The molecule has 0 spiro atoms. The van der Waals surface area contributed by atoms with Gasteiger partial charge in [-0.15, -0.1) is 0 Å². The first-order valence-corrected chi connectivity index (χ1v) is 15.2. The van der Waals surface area contributed by atoms with Crippen molar-refractivity contribution in [2.45, 2.75) is 110 Å². The first-order chi connectivity index (χ1) is 19.4. The van der Waals surface area contributed by atoms with Gasteiger partial charge in [0.1, 0.15) is 12.3 Å². The quantitative estimate of drug-likeness (QED) is 0.150. The van der Waals surface area contributed by atoms with Crippen LogP contribution in [0.15, 0.2) is 41.0 Å².